The predicted molar refractivity (Wildman–Crippen MR) is 113 cm³/mol. The highest BCUT2D eigenvalue weighted by atomic mass is 32.2. The van der Waals surface area contributed by atoms with Crippen LogP contribution in [0.4, 0.5) is 0 Å². The summed E-state index contributed by atoms with van der Waals surface area (Å²) in [6.45, 7) is 4.74. The Morgan fingerprint density at radius 3 is 2.26 bits per heavy atom. The summed E-state index contributed by atoms with van der Waals surface area (Å²) in [5.41, 5.74) is 4.65. The van der Waals surface area contributed by atoms with Gasteiger partial charge in [0.25, 0.3) is 0 Å². The molecule has 27 heavy (non-hydrogen) atoms. The first-order chi connectivity index (χ1) is 13.4. The second-order valence-corrected chi connectivity index (χ2v) is 7.78. The van der Waals surface area contributed by atoms with Crippen LogP contribution < -0.4 is 0 Å². The van der Waals surface area contributed by atoms with Crippen LogP contribution in [-0.4, -0.2) is 45.9 Å². The number of aromatic nitrogens is 2. The largest absolute Gasteiger partial charge is 0.379 e. The quantitative estimate of drug-likeness (QED) is 0.444. The third-order valence-corrected chi connectivity index (χ3v) is 5.92. The van der Waals surface area contributed by atoms with Gasteiger partial charge in [-0.2, -0.15) is 0 Å². The van der Waals surface area contributed by atoms with E-state index in [-0.39, 0.29) is 0 Å². The van der Waals surface area contributed by atoms with Crippen LogP contribution >= 0.6 is 11.9 Å². The van der Waals surface area contributed by atoms with Crippen LogP contribution in [0.5, 0.6) is 0 Å². The van der Waals surface area contributed by atoms with E-state index in [1.54, 1.807) is 0 Å². The number of ether oxygens (including phenoxy) is 1. The standard InChI is InChI=1S/C22H25N3OS/c1-3-8-19(9-4-1)21-22(20-10-5-2-6-11-20)24(18-23-21)12-7-17-27-25-13-15-26-16-14-25/h1-6,8-11,18H,7,12-17H2. The molecule has 1 saturated heterocycles. The number of nitrogens with zero attached hydrogens (tertiary/aromatic N) is 3. The number of aryl methyl sites for hydroxylation is 1. The molecule has 1 aliphatic heterocycles. The van der Waals surface area contributed by atoms with Crippen LogP contribution in [0.1, 0.15) is 6.42 Å². The molecular weight excluding hydrogens is 354 g/mol. The van der Waals surface area contributed by atoms with Crippen LogP contribution in [-0.2, 0) is 11.3 Å². The maximum Gasteiger partial charge on any atom is 0.0963 e. The second kappa shape index (κ2) is 9.22. The van der Waals surface area contributed by atoms with E-state index in [4.69, 9.17) is 9.72 Å². The third kappa shape index (κ3) is 4.61. The van der Waals surface area contributed by atoms with E-state index in [1.165, 1.54) is 11.3 Å². The summed E-state index contributed by atoms with van der Waals surface area (Å²) in [5, 5.41) is 0. The Hall–Kier alpha value is -2.08. The predicted octanol–water partition coefficient (Wildman–Crippen LogP) is 4.59. The molecule has 1 aromatic heterocycles. The smallest absolute Gasteiger partial charge is 0.0963 e. The van der Waals surface area contributed by atoms with Gasteiger partial charge in [-0.15, -0.1) is 0 Å². The molecule has 0 N–H and O–H groups in total. The van der Waals surface area contributed by atoms with Gasteiger partial charge < -0.3 is 9.30 Å². The van der Waals surface area contributed by atoms with Crippen molar-refractivity contribution in [3.8, 4) is 22.5 Å². The van der Waals surface area contributed by atoms with Crippen molar-refractivity contribution in [3.05, 3.63) is 67.0 Å². The monoisotopic (exact) mass is 379 g/mol. The van der Waals surface area contributed by atoms with E-state index >= 15 is 0 Å². The van der Waals surface area contributed by atoms with Gasteiger partial charge in [0.1, 0.15) is 0 Å². The van der Waals surface area contributed by atoms with E-state index in [0.29, 0.717) is 0 Å². The molecule has 140 valence electrons. The van der Waals surface area contributed by atoms with Gasteiger partial charge in [-0.3, -0.25) is 0 Å². The van der Waals surface area contributed by atoms with Gasteiger partial charge >= 0.3 is 0 Å². The lowest BCUT2D eigenvalue weighted by molar-refractivity contribution is 0.0773. The molecule has 1 aliphatic rings. The van der Waals surface area contributed by atoms with Crippen molar-refractivity contribution in [3.63, 3.8) is 0 Å². The Kier molecular flexibility index (Phi) is 6.25. The SMILES string of the molecule is c1ccc(-c2ncn(CCCSN3CCOCC3)c2-c2ccccc2)cc1. The van der Waals surface area contributed by atoms with E-state index in [1.807, 2.05) is 24.3 Å². The summed E-state index contributed by atoms with van der Waals surface area (Å²) in [7, 11) is 0. The molecule has 4 nitrogen and oxygen atoms in total. The molecule has 1 fully saturated rings. The summed E-state index contributed by atoms with van der Waals surface area (Å²) in [5.74, 6) is 1.12. The van der Waals surface area contributed by atoms with Gasteiger partial charge in [-0.1, -0.05) is 72.6 Å². The summed E-state index contributed by atoms with van der Waals surface area (Å²) in [6.07, 6.45) is 3.11. The molecule has 4 rings (SSSR count). The highest BCUT2D eigenvalue weighted by Gasteiger charge is 2.15. The van der Waals surface area contributed by atoms with Crippen molar-refractivity contribution in [2.45, 2.75) is 13.0 Å². The van der Waals surface area contributed by atoms with Crippen LogP contribution in [0, 0.1) is 0 Å². The molecule has 2 heterocycles. The maximum atomic E-state index is 5.42. The second-order valence-electron chi connectivity index (χ2n) is 6.60. The van der Waals surface area contributed by atoms with Crippen LogP contribution in [0.3, 0.4) is 0 Å². The van der Waals surface area contributed by atoms with E-state index in [0.717, 1.165) is 56.3 Å². The van der Waals surface area contributed by atoms with Crippen molar-refractivity contribution in [1.29, 1.82) is 0 Å². The third-order valence-electron chi connectivity index (χ3n) is 4.72. The number of hydrogen-bond acceptors (Lipinski definition) is 4. The topological polar surface area (TPSA) is 30.3 Å². The minimum absolute atomic E-state index is 0.854. The van der Waals surface area contributed by atoms with Crippen molar-refractivity contribution in [2.75, 3.05) is 32.1 Å². The fourth-order valence-electron chi connectivity index (χ4n) is 3.36. The average molecular weight is 380 g/mol. The molecule has 2 aromatic carbocycles. The minimum atomic E-state index is 0.854. The number of hydrogen-bond donors (Lipinski definition) is 0. The Morgan fingerprint density at radius 2 is 1.56 bits per heavy atom. The van der Waals surface area contributed by atoms with Crippen LogP contribution in [0.25, 0.3) is 22.5 Å². The average Bonchev–Trinajstić information content (AvgIpc) is 3.17. The Balaban J connectivity index is 1.49. The molecular formula is C22H25N3OS. The van der Waals surface area contributed by atoms with E-state index in [9.17, 15) is 0 Å². The van der Waals surface area contributed by atoms with Gasteiger partial charge in [0.15, 0.2) is 0 Å². The first kappa shape index (κ1) is 18.3. The molecule has 5 heteroatoms. The molecule has 3 aromatic rings. The zero-order valence-corrected chi connectivity index (χ0v) is 16.3. The van der Waals surface area contributed by atoms with Gasteiger partial charge in [-0.25, -0.2) is 9.29 Å². The normalized spacial score (nSPS) is 15.1. The lowest BCUT2D eigenvalue weighted by Gasteiger charge is -2.25. The van der Waals surface area contributed by atoms with Crippen molar-refractivity contribution >= 4 is 11.9 Å². The Labute approximate surface area is 165 Å². The van der Waals surface area contributed by atoms with Gasteiger partial charge in [0, 0.05) is 36.5 Å². The first-order valence-corrected chi connectivity index (χ1v) is 10.5. The van der Waals surface area contributed by atoms with Crippen molar-refractivity contribution in [2.24, 2.45) is 0 Å². The van der Waals surface area contributed by atoms with E-state index < -0.39 is 0 Å². The summed E-state index contributed by atoms with van der Waals surface area (Å²) >= 11 is 1.94. The maximum absolute atomic E-state index is 5.42. The molecule has 0 bridgehead atoms. The zero-order valence-electron chi connectivity index (χ0n) is 15.5. The van der Waals surface area contributed by atoms with Gasteiger partial charge in [-0.05, 0) is 6.42 Å². The van der Waals surface area contributed by atoms with Gasteiger partial charge in [0.2, 0.25) is 0 Å². The molecule has 0 radical (unpaired) electrons. The Bertz CT molecular complexity index is 829. The fourth-order valence-corrected chi connectivity index (χ4v) is 4.29. The molecule has 0 saturated carbocycles. The molecule has 0 aliphatic carbocycles. The van der Waals surface area contributed by atoms with E-state index in [2.05, 4.69) is 63.5 Å². The summed E-state index contributed by atoms with van der Waals surface area (Å²) in [6, 6.07) is 21.0. The van der Waals surface area contributed by atoms with Crippen LogP contribution in [0.15, 0.2) is 67.0 Å². The zero-order chi connectivity index (χ0) is 18.3. The number of morpholine rings is 1. The number of rotatable bonds is 7. The highest BCUT2D eigenvalue weighted by Crippen LogP contribution is 2.31. The summed E-state index contributed by atoms with van der Waals surface area (Å²) < 4.78 is 10.1. The highest BCUT2D eigenvalue weighted by molar-refractivity contribution is 7.97. The van der Waals surface area contributed by atoms with Crippen LogP contribution in [0.2, 0.25) is 0 Å². The number of imidazole rings is 1. The molecule has 0 amide bonds. The van der Waals surface area contributed by atoms with Crippen molar-refractivity contribution < 1.29 is 4.74 Å². The Morgan fingerprint density at radius 1 is 0.889 bits per heavy atom. The lowest BCUT2D eigenvalue weighted by atomic mass is 10.0. The van der Waals surface area contributed by atoms with Gasteiger partial charge in [0.05, 0.1) is 30.9 Å². The number of benzene rings is 2. The molecule has 0 atom stereocenters. The van der Waals surface area contributed by atoms with Crippen molar-refractivity contribution in [1.82, 2.24) is 13.9 Å². The molecule has 0 spiro atoms. The fraction of sp³-hybridized carbons (Fsp3) is 0.318. The lowest BCUT2D eigenvalue weighted by Crippen LogP contribution is -2.31. The summed E-state index contributed by atoms with van der Waals surface area (Å²) in [4.78, 5) is 4.76. The molecule has 0 unspecified atom stereocenters. The minimum Gasteiger partial charge on any atom is -0.379 e. The first-order valence-electron chi connectivity index (χ1n) is 9.53.